The molecule has 12 rings (SSSR count). The summed E-state index contributed by atoms with van der Waals surface area (Å²) in [4.78, 5) is 2.40. The van der Waals surface area contributed by atoms with Crippen molar-refractivity contribution < 1.29 is 4.42 Å². The predicted molar refractivity (Wildman–Crippen MR) is 257 cm³/mol. The highest BCUT2D eigenvalue weighted by molar-refractivity contribution is 6.28. The van der Waals surface area contributed by atoms with Gasteiger partial charge in [0, 0.05) is 38.8 Å². The fourth-order valence-corrected chi connectivity index (χ4v) is 9.98. The summed E-state index contributed by atoms with van der Waals surface area (Å²) < 4.78 is 6.83. The van der Waals surface area contributed by atoms with Gasteiger partial charge in [0.05, 0.1) is 0 Å². The van der Waals surface area contributed by atoms with Gasteiger partial charge in [0.25, 0.3) is 0 Å². The molecule has 0 atom stereocenters. The first-order valence-electron chi connectivity index (χ1n) is 21.2. The van der Waals surface area contributed by atoms with Crippen molar-refractivity contribution in [3.05, 3.63) is 223 Å². The van der Waals surface area contributed by atoms with Gasteiger partial charge in [-0.25, -0.2) is 0 Å². The lowest BCUT2D eigenvalue weighted by molar-refractivity contribution is 0.660. The molecule has 2 nitrogen and oxygen atoms in total. The summed E-state index contributed by atoms with van der Waals surface area (Å²) in [6, 6.07) is 77.3. The van der Waals surface area contributed by atoms with E-state index in [1.807, 2.05) is 0 Å². The van der Waals surface area contributed by atoms with Crippen molar-refractivity contribution in [1.29, 1.82) is 0 Å². The molecule has 0 saturated heterocycles. The zero-order valence-electron chi connectivity index (χ0n) is 34.1. The number of anilines is 3. The van der Waals surface area contributed by atoms with E-state index in [1.54, 1.807) is 0 Å². The van der Waals surface area contributed by atoms with Crippen molar-refractivity contribution >= 4 is 60.5 Å². The van der Waals surface area contributed by atoms with Crippen LogP contribution in [0.25, 0.3) is 88.0 Å². The van der Waals surface area contributed by atoms with Crippen molar-refractivity contribution in [3.8, 4) is 44.5 Å². The molecule has 0 saturated carbocycles. The molecule has 11 aromatic rings. The van der Waals surface area contributed by atoms with E-state index in [9.17, 15) is 0 Å². The molecule has 10 aromatic carbocycles. The standard InChI is InChI=1S/C59H41NO/c1-59(2)53-22-11-10-21-50(53)51-33-32-47(37-54(51)59)60(45-28-23-39(24-29-45)43-18-12-17-42(35-43)38-13-4-3-5-14-38)46-30-25-41(26-31-46)52-36-44-16-7-9-20-49(44)57-56-48-19-8-6-15-40(48)27-34-55(56)61-58(52)57/h3-37H,1-2H3. The summed E-state index contributed by atoms with van der Waals surface area (Å²) in [6.07, 6.45) is 0. The van der Waals surface area contributed by atoms with Gasteiger partial charge in [-0.3, -0.25) is 0 Å². The Kier molecular flexibility index (Phi) is 7.92. The average molecular weight is 780 g/mol. The van der Waals surface area contributed by atoms with Crippen LogP contribution >= 0.6 is 0 Å². The Bertz CT molecular complexity index is 3480. The van der Waals surface area contributed by atoms with Crippen LogP contribution in [0.4, 0.5) is 17.1 Å². The number of hydrogen-bond acceptors (Lipinski definition) is 2. The second kappa shape index (κ2) is 13.7. The van der Waals surface area contributed by atoms with E-state index in [1.165, 1.54) is 76.8 Å². The molecule has 0 aliphatic heterocycles. The maximum absolute atomic E-state index is 6.83. The highest BCUT2D eigenvalue weighted by atomic mass is 16.3. The fourth-order valence-electron chi connectivity index (χ4n) is 9.98. The van der Waals surface area contributed by atoms with Crippen LogP contribution in [0.5, 0.6) is 0 Å². The molecule has 2 heteroatoms. The van der Waals surface area contributed by atoms with Crippen molar-refractivity contribution in [2.45, 2.75) is 19.3 Å². The van der Waals surface area contributed by atoms with Gasteiger partial charge in [0.15, 0.2) is 0 Å². The largest absolute Gasteiger partial charge is 0.455 e. The molecule has 0 N–H and O–H groups in total. The Morgan fingerprint density at radius 3 is 1.69 bits per heavy atom. The summed E-state index contributed by atoms with van der Waals surface area (Å²) in [5, 5.41) is 7.16. The van der Waals surface area contributed by atoms with Crippen LogP contribution < -0.4 is 4.90 Å². The number of nitrogens with zero attached hydrogens (tertiary/aromatic N) is 1. The normalized spacial score (nSPS) is 12.9. The molecule has 288 valence electrons. The Morgan fingerprint density at radius 2 is 0.934 bits per heavy atom. The molecule has 0 spiro atoms. The summed E-state index contributed by atoms with van der Waals surface area (Å²) in [5.41, 5.74) is 17.4. The quantitative estimate of drug-likeness (QED) is 0.167. The van der Waals surface area contributed by atoms with Crippen molar-refractivity contribution in [2.24, 2.45) is 0 Å². The zero-order chi connectivity index (χ0) is 40.7. The number of benzene rings is 10. The van der Waals surface area contributed by atoms with E-state index in [-0.39, 0.29) is 5.41 Å². The molecule has 1 aromatic heterocycles. The van der Waals surface area contributed by atoms with Crippen LogP contribution in [-0.4, -0.2) is 0 Å². The topological polar surface area (TPSA) is 16.4 Å². The van der Waals surface area contributed by atoms with E-state index < -0.39 is 0 Å². The van der Waals surface area contributed by atoms with Gasteiger partial charge in [-0.05, 0) is 126 Å². The first-order chi connectivity index (χ1) is 30.0. The Balaban J connectivity index is 0.993. The average Bonchev–Trinajstić information content (AvgIpc) is 3.83. The molecule has 1 heterocycles. The van der Waals surface area contributed by atoms with E-state index in [0.717, 1.165) is 39.4 Å². The molecular formula is C59H41NO. The molecule has 0 fully saturated rings. The van der Waals surface area contributed by atoms with Gasteiger partial charge in [0.2, 0.25) is 0 Å². The number of hydrogen-bond donors (Lipinski definition) is 0. The second-order valence-electron chi connectivity index (χ2n) is 16.9. The van der Waals surface area contributed by atoms with E-state index in [2.05, 4.69) is 231 Å². The first-order valence-corrected chi connectivity index (χ1v) is 21.2. The molecular weight excluding hydrogens is 739 g/mol. The minimum Gasteiger partial charge on any atom is -0.455 e. The van der Waals surface area contributed by atoms with Gasteiger partial charge in [0.1, 0.15) is 11.2 Å². The maximum atomic E-state index is 6.83. The summed E-state index contributed by atoms with van der Waals surface area (Å²) >= 11 is 0. The van der Waals surface area contributed by atoms with Crippen molar-refractivity contribution in [3.63, 3.8) is 0 Å². The molecule has 1 aliphatic rings. The highest BCUT2D eigenvalue weighted by Gasteiger charge is 2.35. The van der Waals surface area contributed by atoms with Gasteiger partial charge in [-0.1, -0.05) is 172 Å². The fraction of sp³-hybridized carbons (Fsp3) is 0.0508. The molecule has 0 radical (unpaired) electrons. The molecule has 0 amide bonds. The minimum atomic E-state index is -0.121. The SMILES string of the molecule is CC1(C)c2ccccc2-c2ccc(N(c3ccc(-c4cccc(-c5ccccc5)c4)cc3)c3ccc(-c4cc5ccccc5c5c4oc4ccc6ccccc6c45)cc3)cc21. The molecule has 61 heavy (non-hydrogen) atoms. The van der Waals surface area contributed by atoms with E-state index in [4.69, 9.17) is 4.42 Å². The first kappa shape index (κ1) is 35.3. The minimum absolute atomic E-state index is 0.121. The highest BCUT2D eigenvalue weighted by Crippen LogP contribution is 2.51. The van der Waals surface area contributed by atoms with Crippen molar-refractivity contribution in [2.75, 3.05) is 4.90 Å². The predicted octanol–water partition coefficient (Wildman–Crippen LogP) is 16.7. The Labute approximate surface area is 355 Å². The van der Waals surface area contributed by atoms with Crippen LogP contribution in [0.3, 0.4) is 0 Å². The number of fused-ring (bicyclic) bond motifs is 10. The molecule has 0 unspecified atom stereocenters. The third-order valence-corrected chi connectivity index (χ3v) is 13.0. The third kappa shape index (κ3) is 5.64. The lowest BCUT2D eigenvalue weighted by Crippen LogP contribution is -2.16. The van der Waals surface area contributed by atoms with Crippen LogP contribution in [0, 0.1) is 0 Å². The van der Waals surface area contributed by atoms with Crippen LogP contribution in [0.1, 0.15) is 25.0 Å². The van der Waals surface area contributed by atoms with Gasteiger partial charge in [-0.2, -0.15) is 0 Å². The van der Waals surface area contributed by atoms with Gasteiger partial charge in [-0.15, -0.1) is 0 Å². The summed E-state index contributed by atoms with van der Waals surface area (Å²) in [7, 11) is 0. The van der Waals surface area contributed by atoms with Crippen molar-refractivity contribution in [1.82, 2.24) is 0 Å². The van der Waals surface area contributed by atoms with E-state index >= 15 is 0 Å². The Hall–Kier alpha value is -7.68. The lowest BCUT2D eigenvalue weighted by Gasteiger charge is -2.28. The van der Waals surface area contributed by atoms with Crippen LogP contribution in [0.2, 0.25) is 0 Å². The maximum Gasteiger partial charge on any atom is 0.143 e. The van der Waals surface area contributed by atoms with Crippen LogP contribution in [0.15, 0.2) is 217 Å². The smallest absolute Gasteiger partial charge is 0.143 e. The number of rotatable bonds is 6. The lowest BCUT2D eigenvalue weighted by atomic mass is 9.82. The number of furan rings is 1. The zero-order valence-corrected chi connectivity index (χ0v) is 34.1. The molecule has 0 bridgehead atoms. The Morgan fingerprint density at radius 1 is 0.361 bits per heavy atom. The van der Waals surface area contributed by atoms with Crippen LogP contribution in [-0.2, 0) is 5.41 Å². The third-order valence-electron chi connectivity index (χ3n) is 13.0. The second-order valence-corrected chi connectivity index (χ2v) is 16.9. The monoisotopic (exact) mass is 779 g/mol. The van der Waals surface area contributed by atoms with Gasteiger partial charge >= 0.3 is 0 Å². The molecule has 1 aliphatic carbocycles. The van der Waals surface area contributed by atoms with E-state index in [0.29, 0.717) is 0 Å². The summed E-state index contributed by atoms with van der Waals surface area (Å²) in [6.45, 7) is 4.70. The van der Waals surface area contributed by atoms with Gasteiger partial charge < -0.3 is 9.32 Å². The summed E-state index contributed by atoms with van der Waals surface area (Å²) in [5.74, 6) is 0.